The van der Waals surface area contributed by atoms with E-state index in [9.17, 15) is 17.6 Å². The van der Waals surface area contributed by atoms with E-state index in [-0.39, 0.29) is 46.9 Å². The van der Waals surface area contributed by atoms with Gasteiger partial charge in [-0.3, -0.25) is 8.98 Å². The first kappa shape index (κ1) is 31.5. The minimum atomic E-state index is -3.60. The van der Waals surface area contributed by atoms with Crippen LogP contribution in [0, 0.1) is 5.82 Å². The molecule has 232 valence electrons. The monoisotopic (exact) mass is 655 g/mol. The topological polar surface area (TPSA) is 123 Å². The number of aromatic nitrogens is 2. The lowest BCUT2D eigenvalue weighted by Gasteiger charge is -2.32. The molecule has 2 saturated heterocycles. The van der Waals surface area contributed by atoms with Crippen molar-refractivity contribution in [3.05, 3.63) is 46.5 Å². The molecular weight excluding hydrogens is 624 g/mol. The maximum atomic E-state index is 14.8. The Morgan fingerprint density at radius 3 is 2.47 bits per heavy atom. The number of nitrogens with zero attached hydrogens (tertiary/aromatic N) is 4. The van der Waals surface area contributed by atoms with Crippen LogP contribution in [0.4, 0.5) is 15.9 Å². The van der Waals surface area contributed by atoms with Crippen LogP contribution in [0.15, 0.2) is 30.6 Å². The Labute approximate surface area is 259 Å². The van der Waals surface area contributed by atoms with Gasteiger partial charge in [0.15, 0.2) is 17.3 Å². The molecule has 3 aromatic rings. The number of amides is 1. The van der Waals surface area contributed by atoms with E-state index in [0.29, 0.717) is 54.2 Å². The lowest BCUT2D eigenvalue weighted by atomic mass is 10.1. The summed E-state index contributed by atoms with van der Waals surface area (Å²) in [4.78, 5) is 25.2. The molecule has 43 heavy (non-hydrogen) atoms. The molecule has 1 atom stereocenters. The minimum absolute atomic E-state index is 0.0215. The predicted molar refractivity (Wildman–Crippen MR) is 161 cm³/mol. The highest BCUT2D eigenvalue weighted by atomic mass is 35.5. The number of benzene rings is 2. The van der Waals surface area contributed by atoms with Gasteiger partial charge in [-0.15, -0.1) is 0 Å². The molecule has 2 aliphatic rings. The molecule has 0 bridgehead atoms. The Balaban J connectivity index is 1.36. The molecule has 0 saturated carbocycles. The number of ether oxygens (including phenoxy) is 2. The highest BCUT2D eigenvalue weighted by Gasteiger charge is 2.27. The van der Waals surface area contributed by atoms with E-state index in [1.165, 1.54) is 18.5 Å². The highest BCUT2D eigenvalue weighted by molar-refractivity contribution is 7.85. The quantitative estimate of drug-likeness (QED) is 0.244. The Morgan fingerprint density at radius 2 is 1.77 bits per heavy atom. The number of likely N-dealkylation sites (tertiary alicyclic amines) is 2. The molecule has 0 aliphatic carbocycles. The molecule has 1 unspecified atom stereocenters. The van der Waals surface area contributed by atoms with Gasteiger partial charge >= 0.3 is 0 Å². The largest absolute Gasteiger partial charge is 0.486 e. The predicted octanol–water partition coefficient (Wildman–Crippen LogP) is 4.64. The van der Waals surface area contributed by atoms with E-state index in [1.54, 1.807) is 17.0 Å². The van der Waals surface area contributed by atoms with Gasteiger partial charge in [-0.2, -0.15) is 8.42 Å². The van der Waals surface area contributed by atoms with Gasteiger partial charge in [-0.1, -0.05) is 23.2 Å². The molecule has 0 radical (unpaired) electrons. The van der Waals surface area contributed by atoms with Crippen LogP contribution in [0.5, 0.6) is 11.5 Å². The molecule has 2 fully saturated rings. The first-order valence-electron chi connectivity index (χ1n) is 13.8. The average molecular weight is 657 g/mol. The second kappa shape index (κ2) is 13.3. The second-order valence-corrected chi connectivity index (χ2v) is 13.1. The molecule has 1 aromatic heterocycles. The molecular formula is C28H32Cl2FN5O6S. The molecule has 2 aliphatic heterocycles. The summed E-state index contributed by atoms with van der Waals surface area (Å²) in [5, 5.41) is 3.48. The Morgan fingerprint density at radius 1 is 1.07 bits per heavy atom. The summed E-state index contributed by atoms with van der Waals surface area (Å²) in [5.74, 6) is 0.489. The first-order chi connectivity index (χ1) is 20.5. The summed E-state index contributed by atoms with van der Waals surface area (Å²) < 4.78 is 54.8. The third kappa shape index (κ3) is 7.95. The van der Waals surface area contributed by atoms with E-state index in [1.807, 2.05) is 7.05 Å². The molecule has 2 aromatic carbocycles. The van der Waals surface area contributed by atoms with Gasteiger partial charge in [-0.05, 0) is 31.7 Å². The van der Waals surface area contributed by atoms with Crippen LogP contribution in [0.2, 0.25) is 10.0 Å². The number of halogens is 3. The van der Waals surface area contributed by atoms with E-state index in [0.717, 1.165) is 25.8 Å². The number of fused-ring (bicyclic) bond motifs is 1. The molecule has 15 heteroatoms. The van der Waals surface area contributed by atoms with Crippen molar-refractivity contribution in [1.82, 2.24) is 19.8 Å². The number of carbonyl (C=O) groups excluding carboxylic acids is 1. The van der Waals surface area contributed by atoms with Crippen LogP contribution >= 0.6 is 23.2 Å². The molecule has 0 spiro atoms. The SMILES string of the molecule is CN1CCC(Oc2cc3ncnc(Nc4ccc(Cl)c(Cl)c4F)c3cc2OC2CCN(C(=O)CCOS(C)(=O)=O)CC2)C1. The summed E-state index contributed by atoms with van der Waals surface area (Å²) >= 11 is 12.0. The van der Waals surface area contributed by atoms with Crippen molar-refractivity contribution < 1.29 is 31.3 Å². The van der Waals surface area contributed by atoms with Crippen molar-refractivity contribution in [2.75, 3.05) is 51.4 Å². The van der Waals surface area contributed by atoms with Gasteiger partial charge < -0.3 is 24.6 Å². The maximum absolute atomic E-state index is 14.8. The standard InChI is InChI=1S/C28H32Cl2FN5O6S/c1-35-9-5-18(15-35)42-24-14-22-19(28(33-16-32-22)34-21-4-3-20(29)26(30)27(21)31)13-23(24)41-17-6-10-36(11-7-17)25(37)8-12-40-43(2,38)39/h3-4,13-14,16-18H,5-12,15H2,1-2H3,(H,32,33,34). The third-order valence-electron chi connectivity index (χ3n) is 7.33. The normalized spacial score (nSPS) is 18.3. The van der Waals surface area contributed by atoms with Crippen molar-refractivity contribution >= 4 is 61.6 Å². The number of piperidine rings is 1. The summed E-state index contributed by atoms with van der Waals surface area (Å²) in [6.45, 7) is 2.40. The van der Waals surface area contributed by atoms with Crippen molar-refractivity contribution in [2.45, 2.75) is 37.9 Å². The van der Waals surface area contributed by atoms with Crippen molar-refractivity contribution in [1.29, 1.82) is 0 Å². The van der Waals surface area contributed by atoms with Crippen LogP contribution < -0.4 is 14.8 Å². The van der Waals surface area contributed by atoms with Crippen molar-refractivity contribution in [2.24, 2.45) is 0 Å². The zero-order valence-corrected chi connectivity index (χ0v) is 26.0. The third-order valence-corrected chi connectivity index (χ3v) is 8.71. The summed E-state index contributed by atoms with van der Waals surface area (Å²) in [6.07, 6.45) is 4.06. The molecule has 5 rings (SSSR count). The second-order valence-electron chi connectivity index (χ2n) is 10.7. The number of anilines is 2. The van der Waals surface area contributed by atoms with Crippen LogP contribution in [-0.2, 0) is 19.1 Å². The zero-order valence-electron chi connectivity index (χ0n) is 23.7. The smallest absolute Gasteiger partial charge is 0.264 e. The van der Waals surface area contributed by atoms with E-state index in [4.69, 9.17) is 36.9 Å². The summed E-state index contributed by atoms with van der Waals surface area (Å²) in [6, 6.07) is 6.54. The van der Waals surface area contributed by atoms with Crippen molar-refractivity contribution in [3.8, 4) is 11.5 Å². The van der Waals surface area contributed by atoms with Gasteiger partial charge in [0.1, 0.15) is 24.4 Å². The van der Waals surface area contributed by atoms with Crippen LogP contribution in [-0.4, -0.2) is 92.4 Å². The number of rotatable bonds is 10. The molecule has 1 amide bonds. The van der Waals surface area contributed by atoms with Crippen LogP contribution in [0.3, 0.4) is 0 Å². The first-order valence-corrected chi connectivity index (χ1v) is 16.4. The van der Waals surface area contributed by atoms with Gasteiger partial charge in [0.05, 0.1) is 40.5 Å². The minimum Gasteiger partial charge on any atom is -0.486 e. The van der Waals surface area contributed by atoms with Gasteiger partial charge in [0.25, 0.3) is 10.1 Å². The fourth-order valence-corrected chi connectivity index (χ4v) is 5.81. The lowest BCUT2D eigenvalue weighted by Crippen LogP contribution is -2.42. The Kier molecular flexibility index (Phi) is 9.76. The number of hydrogen-bond acceptors (Lipinski definition) is 10. The number of carbonyl (C=O) groups is 1. The lowest BCUT2D eigenvalue weighted by molar-refractivity contribution is -0.133. The average Bonchev–Trinajstić information content (AvgIpc) is 3.37. The fourth-order valence-electron chi connectivity index (χ4n) is 5.11. The van der Waals surface area contributed by atoms with Crippen LogP contribution in [0.1, 0.15) is 25.7 Å². The Hall–Kier alpha value is -2.97. The maximum Gasteiger partial charge on any atom is 0.264 e. The Bertz CT molecular complexity index is 1610. The highest BCUT2D eigenvalue weighted by Crippen LogP contribution is 2.39. The van der Waals surface area contributed by atoms with Gasteiger partial charge in [0, 0.05) is 50.5 Å². The van der Waals surface area contributed by atoms with Gasteiger partial charge in [0.2, 0.25) is 5.91 Å². The van der Waals surface area contributed by atoms with E-state index < -0.39 is 15.9 Å². The number of hydrogen-bond donors (Lipinski definition) is 1. The summed E-state index contributed by atoms with van der Waals surface area (Å²) in [7, 11) is -1.56. The fraction of sp³-hybridized carbons (Fsp3) is 0.464. The van der Waals surface area contributed by atoms with E-state index in [2.05, 4.69) is 20.2 Å². The molecule has 3 heterocycles. The van der Waals surface area contributed by atoms with Gasteiger partial charge in [-0.25, -0.2) is 14.4 Å². The van der Waals surface area contributed by atoms with E-state index >= 15 is 0 Å². The molecule has 11 nitrogen and oxygen atoms in total. The van der Waals surface area contributed by atoms with Crippen molar-refractivity contribution in [3.63, 3.8) is 0 Å². The molecule has 1 N–H and O–H groups in total. The number of nitrogens with one attached hydrogen (secondary N) is 1. The summed E-state index contributed by atoms with van der Waals surface area (Å²) in [5.41, 5.74) is 0.675. The number of likely N-dealkylation sites (N-methyl/N-ethyl adjacent to an activating group) is 1. The van der Waals surface area contributed by atoms with Crippen LogP contribution in [0.25, 0.3) is 10.9 Å². The zero-order chi connectivity index (χ0) is 30.7.